The second-order valence-corrected chi connectivity index (χ2v) is 5.49. The van der Waals surface area contributed by atoms with Crippen molar-refractivity contribution in [2.45, 2.75) is 39.2 Å². The summed E-state index contributed by atoms with van der Waals surface area (Å²) in [5.41, 5.74) is 1.25. The molecular formula is C16H24N2O2. The molecule has 1 fully saturated rings. The highest BCUT2D eigenvalue weighted by molar-refractivity contribution is 5.78. The molecule has 0 radical (unpaired) electrons. The molecule has 110 valence electrons. The summed E-state index contributed by atoms with van der Waals surface area (Å²) in [5.74, 6) is 0.651. The first kappa shape index (κ1) is 15.0. The summed E-state index contributed by atoms with van der Waals surface area (Å²) in [6.07, 6.45) is 6.33. The van der Waals surface area contributed by atoms with Crippen molar-refractivity contribution >= 4 is 5.91 Å². The summed E-state index contributed by atoms with van der Waals surface area (Å²) in [5, 5.41) is 3.17. The third-order valence-electron chi connectivity index (χ3n) is 4.13. The van der Waals surface area contributed by atoms with Crippen molar-refractivity contribution in [1.29, 1.82) is 0 Å². The van der Waals surface area contributed by atoms with E-state index in [1.165, 1.54) is 5.56 Å². The van der Waals surface area contributed by atoms with Crippen molar-refractivity contribution in [2.75, 3.05) is 13.2 Å². The number of ether oxygens (including phenoxy) is 1. The number of nitrogens with zero attached hydrogens (tertiary/aromatic N) is 1. The third-order valence-corrected chi connectivity index (χ3v) is 4.13. The fourth-order valence-electron chi connectivity index (χ4n) is 2.74. The van der Waals surface area contributed by atoms with E-state index in [-0.39, 0.29) is 17.9 Å². The van der Waals surface area contributed by atoms with Crippen LogP contribution in [0.4, 0.5) is 0 Å². The predicted octanol–water partition coefficient (Wildman–Crippen LogP) is 2.19. The minimum absolute atomic E-state index is 0.122. The Labute approximate surface area is 120 Å². The lowest BCUT2D eigenvalue weighted by atomic mass is 9.94. The van der Waals surface area contributed by atoms with Crippen molar-refractivity contribution in [2.24, 2.45) is 11.8 Å². The fourth-order valence-corrected chi connectivity index (χ4v) is 2.74. The van der Waals surface area contributed by atoms with Gasteiger partial charge >= 0.3 is 0 Å². The van der Waals surface area contributed by atoms with Crippen LogP contribution in [0, 0.1) is 11.8 Å². The lowest BCUT2D eigenvalue weighted by molar-refractivity contribution is -0.126. The molecule has 1 aromatic heterocycles. The molecule has 2 heterocycles. The number of carbonyl (C=O) groups is 1. The van der Waals surface area contributed by atoms with Crippen molar-refractivity contribution in [3.05, 3.63) is 30.1 Å². The van der Waals surface area contributed by atoms with Crippen LogP contribution in [0.3, 0.4) is 0 Å². The molecule has 1 amide bonds. The maximum atomic E-state index is 12.2. The molecule has 1 aliphatic heterocycles. The van der Waals surface area contributed by atoms with Gasteiger partial charge in [-0.3, -0.25) is 9.78 Å². The maximum absolute atomic E-state index is 12.2. The lowest BCUT2D eigenvalue weighted by Gasteiger charge is -2.22. The van der Waals surface area contributed by atoms with Gasteiger partial charge in [0, 0.05) is 24.2 Å². The van der Waals surface area contributed by atoms with E-state index in [0.717, 1.165) is 25.9 Å². The largest absolute Gasteiger partial charge is 0.379 e. The summed E-state index contributed by atoms with van der Waals surface area (Å²) in [6.45, 7) is 5.47. The van der Waals surface area contributed by atoms with Gasteiger partial charge in [-0.05, 0) is 37.0 Å². The third kappa shape index (κ3) is 3.79. The number of rotatable bonds is 6. The Hall–Kier alpha value is -1.42. The Balaban J connectivity index is 1.92. The van der Waals surface area contributed by atoms with Crippen molar-refractivity contribution in [1.82, 2.24) is 10.3 Å². The van der Waals surface area contributed by atoms with E-state index in [1.807, 2.05) is 24.5 Å². The first-order chi connectivity index (χ1) is 9.74. The molecule has 1 aliphatic rings. The number of amides is 1. The second kappa shape index (κ2) is 7.39. The van der Waals surface area contributed by atoms with E-state index in [0.29, 0.717) is 12.5 Å². The van der Waals surface area contributed by atoms with Gasteiger partial charge in [0.1, 0.15) is 0 Å². The van der Waals surface area contributed by atoms with E-state index in [9.17, 15) is 4.79 Å². The lowest BCUT2D eigenvalue weighted by Crippen LogP contribution is -2.43. The molecule has 1 aromatic rings. The zero-order chi connectivity index (χ0) is 14.4. The second-order valence-electron chi connectivity index (χ2n) is 5.49. The average molecular weight is 276 g/mol. The quantitative estimate of drug-likeness (QED) is 0.866. The molecule has 4 heteroatoms. The van der Waals surface area contributed by atoms with E-state index in [4.69, 9.17) is 4.74 Å². The monoisotopic (exact) mass is 276 g/mol. The molecule has 0 unspecified atom stereocenters. The topological polar surface area (TPSA) is 51.2 Å². The van der Waals surface area contributed by atoms with Crippen molar-refractivity contribution in [3.8, 4) is 0 Å². The minimum atomic E-state index is 0.122. The highest BCUT2D eigenvalue weighted by Crippen LogP contribution is 2.20. The molecular weight excluding hydrogens is 252 g/mol. The van der Waals surface area contributed by atoms with Crippen molar-refractivity contribution < 1.29 is 9.53 Å². The first-order valence-corrected chi connectivity index (χ1v) is 7.51. The van der Waals surface area contributed by atoms with Crippen molar-refractivity contribution in [3.63, 3.8) is 0 Å². The number of nitrogens with one attached hydrogen (secondary N) is 1. The van der Waals surface area contributed by atoms with Crippen LogP contribution >= 0.6 is 0 Å². The highest BCUT2D eigenvalue weighted by atomic mass is 16.5. The number of carbonyl (C=O) groups excluding carboxylic acids is 1. The molecule has 1 N–H and O–H groups in total. The van der Waals surface area contributed by atoms with Gasteiger partial charge in [-0.2, -0.15) is 0 Å². The summed E-state index contributed by atoms with van der Waals surface area (Å²) in [6, 6.07) is 4.19. The zero-order valence-electron chi connectivity index (χ0n) is 12.3. The van der Waals surface area contributed by atoms with E-state index in [1.54, 1.807) is 0 Å². The van der Waals surface area contributed by atoms with Gasteiger partial charge in [-0.25, -0.2) is 0 Å². The summed E-state index contributed by atoms with van der Waals surface area (Å²) >= 11 is 0. The minimum Gasteiger partial charge on any atom is -0.379 e. The van der Waals surface area contributed by atoms with Gasteiger partial charge < -0.3 is 10.1 Å². The van der Waals surface area contributed by atoms with Gasteiger partial charge in [0.25, 0.3) is 0 Å². The Kier molecular flexibility index (Phi) is 5.53. The summed E-state index contributed by atoms with van der Waals surface area (Å²) in [7, 11) is 0. The number of hydrogen-bond acceptors (Lipinski definition) is 3. The maximum Gasteiger partial charge on any atom is 0.223 e. The zero-order valence-corrected chi connectivity index (χ0v) is 12.3. The van der Waals surface area contributed by atoms with Gasteiger partial charge in [-0.15, -0.1) is 0 Å². The van der Waals surface area contributed by atoms with Crippen LogP contribution in [0.15, 0.2) is 24.5 Å². The molecule has 0 aromatic carbocycles. The Bertz CT molecular complexity index is 418. The molecule has 0 spiro atoms. The van der Waals surface area contributed by atoms with Crippen LogP contribution in [0.25, 0.3) is 0 Å². The SMILES string of the molecule is CCC(CC)C(=O)N[C@H]1COC[C@H]1Cc1ccncc1. The number of pyridine rings is 1. The number of aromatic nitrogens is 1. The van der Waals surface area contributed by atoms with Crippen LogP contribution in [-0.4, -0.2) is 30.1 Å². The van der Waals surface area contributed by atoms with Gasteiger partial charge in [-0.1, -0.05) is 13.8 Å². The highest BCUT2D eigenvalue weighted by Gasteiger charge is 2.30. The first-order valence-electron chi connectivity index (χ1n) is 7.51. The average Bonchev–Trinajstić information content (AvgIpc) is 2.88. The van der Waals surface area contributed by atoms with E-state index in [2.05, 4.69) is 24.1 Å². The number of hydrogen-bond donors (Lipinski definition) is 1. The van der Waals surface area contributed by atoms with Gasteiger partial charge in [0.15, 0.2) is 0 Å². The van der Waals surface area contributed by atoms with Crippen LogP contribution in [-0.2, 0) is 16.0 Å². The van der Waals surface area contributed by atoms with Gasteiger partial charge in [0.05, 0.1) is 19.3 Å². The Morgan fingerprint density at radius 3 is 2.70 bits per heavy atom. The summed E-state index contributed by atoms with van der Waals surface area (Å²) < 4.78 is 5.56. The summed E-state index contributed by atoms with van der Waals surface area (Å²) in [4.78, 5) is 16.2. The Morgan fingerprint density at radius 2 is 2.05 bits per heavy atom. The molecule has 0 bridgehead atoms. The van der Waals surface area contributed by atoms with Crippen LogP contribution in [0.1, 0.15) is 32.3 Å². The van der Waals surface area contributed by atoms with E-state index >= 15 is 0 Å². The molecule has 1 saturated heterocycles. The normalized spacial score (nSPS) is 22.1. The predicted molar refractivity (Wildman–Crippen MR) is 78.3 cm³/mol. The smallest absolute Gasteiger partial charge is 0.223 e. The van der Waals surface area contributed by atoms with E-state index < -0.39 is 0 Å². The molecule has 20 heavy (non-hydrogen) atoms. The molecule has 0 saturated carbocycles. The van der Waals surface area contributed by atoms with Crippen LogP contribution in [0.2, 0.25) is 0 Å². The Morgan fingerprint density at radius 1 is 1.35 bits per heavy atom. The van der Waals surface area contributed by atoms with Crippen LogP contribution < -0.4 is 5.32 Å². The molecule has 2 rings (SSSR count). The standard InChI is InChI=1S/C16H24N2O2/c1-3-13(4-2)16(19)18-15-11-20-10-14(15)9-12-5-7-17-8-6-12/h5-8,13-15H,3-4,9-11H2,1-2H3,(H,18,19)/t14-,15+/m1/s1. The fraction of sp³-hybridized carbons (Fsp3) is 0.625. The van der Waals surface area contributed by atoms with Crippen LogP contribution in [0.5, 0.6) is 0 Å². The van der Waals surface area contributed by atoms with Gasteiger partial charge in [0.2, 0.25) is 5.91 Å². The molecule has 2 atom stereocenters. The molecule has 4 nitrogen and oxygen atoms in total. The molecule has 0 aliphatic carbocycles.